The second kappa shape index (κ2) is 6.30. The first kappa shape index (κ1) is 15.8. The molecule has 1 N–H and O–H groups in total. The highest BCUT2D eigenvalue weighted by atomic mass is 32.1. The minimum atomic E-state index is 0.857. The molecule has 0 unspecified atom stereocenters. The van der Waals surface area contributed by atoms with Crippen LogP contribution in [0.2, 0.25) is 0 Å². The molecule has 0 atom stereocenters. The minimum Gasteiger partial charge on any atom is -0.339 e. The molecule has 0 radical (unpaired) electrons. The molecule has 124 valence electrons. The molecule has 0 amide bonds. The highest BCUT2D eigenvalue weighted by molar-refractivity contribution is 7.17. The molecule has 0 aliphatic rings. The van der Waals surface area contributed by atoms with Gasteiger partial charge in [0, 0.05) is 16.6 Å². The number of benzene rings is 2. The van der Waals surface area contributed by atoms with Crippen molar-refractivity contribution in [3.05, 3.63) is 70.9 Å². The Bertz CT molecular complexity index is 1070. The maximum Gasteiger partial charge on any atom is 0.143 e. The molecule has 3 nitrogen and oxygen atoms in total. The summed E-state index contributed by atoms with van der Waals surface area (Å²) in [6, 6.07) is 14.8. The number of para-hydroxylation sites is 1. The van der Waals surface area contributed by atoms with Gasteiger partial charge in [-0.05, 0) is 43.5 Å². The Morgan fingerprint density at radius 1 is 0.880 bits per heavy atom. The molecule has 0 spiro atoms. The van der Waals surface area contributed by atoms with Gasteiger partial charge in [0.1, 0.15) is 17.0 Å². The Labute approximate surface area is 151 Å². The second-order valence-corrected chi connectivity index (χ2v) is 7.17. The summed E-state index contributed by atoms with van der Waals surface area (Å²) in [6.45, 7) is 6.38. The van der Waals surface area contributed by atoms with Crippen LogP contribution in [0.15, 0.2) is 54.2 Å². The van der Waals surface area contributed by atoms with Crippen LogP contribution in [-0.2, 0) is 0 Å². The number of hydrogen-bond donors (Lipinski definition) is 1. The van der Waals surface area contributed by atoms with Gasteiger partial charge in [-0.15, -0.1) is 11.3 Å². The third-order valence-electron chi connectivity index (χ3n) is 4.44. The fraction of sp³-hybridized carbons (Fsp3) is 0.143. The van der Waals surface area contributed by atoms with Gasteiger partial charge >= 0.3 is 0 Å². The summed E-state index contributed by atoms with van der Waals surface area (Å²) in [6.07, 6.45) is 1.63. The SMILES string of the molecule is Cc1ccc(-c2csc3ncnc(Nc4ccccc4C)c23)c(C)c1. The standard InChI is InChI=1S/C21H19N3S/c1-13-8-9-16(15(3)10-13)17-11-25-21-19(17)20(22-12-23-21)24-18-7-5-4-6-14(18)2/h4-12H,1-3H3,(H,22,23,24). The average molecular weight is 345 g/mol. The zero-order valence-corrected chi connectivity index (χ0v) is 15.3. The molecular weight excluding hydrogens is 326 g/mol. The Morgan fingerprint density at radius 2 is 1.72 bits per heavy atom. The van der Waals surface area contributed by atoms with Gasteiger partial charge in [0.15, 0.2) is 0 Å². The van der Waals surface area contributed by atoms with Crippen molar-refractivity contribution < 1.29 is 0 Å². The van der Waals surface area contributed by atoms with E-state index in [0.717, 1.165) is 21.7 Å². The number of thiophene rings is 1. The van der Waals surface area contributed by atoms with E-state index in [2.05, 4.69) is 71.8 Å². The van der Waals surface area contributed by atoms with Crippen molar-refractivity contribution in [2.24, 2.45) is 0 Å². The van der Waals surface area contributed by atoms with Crippen molar-refractivity contribution in [2.45, 2.75) is 20.8 Å². The van der Waals surface area contributed by atoms with E-state index in [-0.39, 0.29) is 0 Å². The van der Waals surface area contributed by atoms with Crippen LogP contribution in [-0.4, -0.2) is 9.97 Å². The Balaban J connectivity index is 1.89. The highest BCUT2D eigenvalue weighted by Gasteiger charge is 2.15. The summed E-state index contributed by atoms with van der Waals surface area (Å²) < 4.78 is 0. The molecule has 0 saturated carbocycles. The van der Waals surface area contributed by atoms with Crippen LogP contribution in [0.25, 0.3) is 21.3 Å². The normalized spacial score (nSPS) is 11.0. The van der Waals surface area contributed by atoms with E-state index in [4.69, 9.17) is 0 Å². The topological polar surface area (TPSA) is 37.8 Å². The van der Waals surface area contributed by atoms with Crippen LogP contribution in [0, 0.1) is 20.8 Å². The first-order valence-corrected chi connectivity index (χ1v) is 9.14. The Hall–Kier alpha value is -2.72. The molecular formula is C21H19N3S. The van der Waals surface area contributed by atoms with Crippen LogP contribution in [0.3, 0.4) is 0 Å². The number of aromatic nitrogens is 2. The predicted molar refractivity (Wildman–Crippen MR) is 107 cm³/mol. The first-order chi connectivity index (χ1) is 12.1. The van der Waals surface area contributed by atoms with Crippen molar-refractivity contribution in [3.8, 4) is 11.1 Å². The number of hydrogen-bond acceptors (Lipinski definition) is 4. The van der Waals surface area contributed by atoms with Gasteiger partial charge in [-0.1, -0.05) is 42.0 Å². The molecule has 0 aliphatic heterocycles. The van der Waals surface area contributed by atoms with E-state index in [1.165, 1.54) is 27.8 Å². The minimum absolute atomic E-state index is 0.857. The summed E-state index contributed by atoms with van der Waals surface area (Å²) in [5.41, 5.74) is 7.23. The summed E-state index contributed by atoms with van der Waals surface area (Å²) in [5, 5.41) is 6.76. The highest BCUT2D eigenvalue weighted by Crippen LogP contribution is 2.39. The fourth-order valence-electron chi connectivity index (χ4n) is 3.12. The smallest absolute Gasteiger partial charge is 0.143 e. The zero-order valence-electron chi connectivity index (χ0n) is 14.5. The average Bonchev–Trinajstić information content (AvgIpc) is 3.02. The maximum absolute atomic E-state index is 4.53. The number of aryl methyl sites for hydroxylation is 3. The van der Waals surface area contributed by atoms with E-state index in [1.807, 2.05) is 12.1 Å². The molecule has 4 aromatic rings. The summed E-state index contributed by atoms with van der Waals surface area (Å²) in [4.78, 5) is 10.0. The van der Waals surface area contributed by atoms with E-state index in [9.17, 15) is 0 Å². The Morgan fingerprint density at radius 3 is 2.52 bits per heavy atom. The molecule has 0 aliphatic carbocycles. The van der Waals surface area contributed by atoms with Crippen molar-refractivity contribution in [2.75, 3.05) is 5.32 Å². The number of nitrogens with one attached hydrogen (secondary N) is 1. The van der Waals surface area contributed by atoms with Gasteiger partial charge in [0.25, 0.3) is 0 Å². The van der Waals surface area contributed by atoms with E-state index < -0.39 is 0 Å². The van der Waals surface area contributed by atoms with Crippen LogP contribution >= 0.6 is 11.3 Å². The monoisotopic (exact) mass is 345 g/mol. The van der Waals surface area contributed by atoms with Gasteiger partial charge < -0.3 is 5.32 Å². The van der Waals surface area contributed by atoms with Gasteiger partial charge in [-0.3, -0.25) is 0 Å². The van der Waals surface area contributed by atoms with Crippen molar-refractivity contribution in [3.63, 3.8) is 0 Å². The van der Waals surface area contributed by atoms with Gasteiger partial charge in [0.05, 0.1) is 5.39 Å². The molecule has 0 saturated heterocycles. The van der Waals surface area contributed by atoms with Crippen LogP contribution in [0.5, 0.6) is 0 Å². The molecule has 2 aromatic carbocycles. The van der Waals surface area contributed by atoms with Crippen molar-refractivity contribution in [1.29, 1.82) is 0 Å². The predicted octanol–water partition coefficient (Wildman–Crippen LogP) is 6.03. The molecule has 2 heterocycles. The lowest BCUT2D eigenvalue weighted by Gasteiger charge is -2.11. The largest absolute Gasteiger partial charge is 0.339 e. The summed E-state index contributed by atoms with van der Waals surface area (Å²) in [7, 11) is 0. The second-order valence-electron chi connectivity index (χ2n) is 6.31. The fourth-order valence-corrected chi connectivity index (χ4v) is 4.03. The van der Waals surface area contributed by atoms with Crippen molar-refractivity contribution >= 4 is 33.1 Å². The molecule has 2 aromatic heterocycles. The number of fused-ring (bicyclic) bond motifs is 1. The van der Waals surface area contributed by atoms with Gasteiger partial charge in [-0.2, -0.15) is 0 Å². The zero-order chi connectivity index (χ0) is 17.4. The lowest BCUT2D eigenvalue weighted by molar-refractivity contribution is 1.23. The first-order valence-electron chi connectivity index (χ1n) is 8.26. The summed E-state index contributed by atoms with van der Waals surface area (Å²) in [5.74, 6) is 0.857. The van der Waals surface area contributed by atoms with Gasteiger partial charge in [-0.25, -0.2) is 9.97 Å². The molecule has 4 rings (SSSR count). The van der Waals surface area contributed by atoms with E-state index in [0.29, 0.717) is 0 Å². The summed E-state index contributed by atoms with van der Waals surface area (Å²) >= 11 is 1.66. The lowest BCUT2D eigenvalue weighted by atomic mass is 9.99. The van der Waals surface area contributed by atoms with Crippen molar-refractivity contribution in [1.82, 2.24) is 9.97 Å². The van der Waals surface area contributed by atoms with Crippen LogP contribution in [0.1, 0.15) is 16.7 Å². The molecule has 4 heteroatoms. The quantitative estimate of drug-likeness (QED) is 0.493. The van der Waals surface area contributed by atoms with Crippen LogP contribution in [0.4, 0.5) is 11.5 Å². The number of rotatable bonds is 3. The van der Waals surface area contributed by atoms with Gasteiger partial charge in [0.2, 0.25) is 0 Å². The van der Waals surface area contributed by atoms with Crippen LogP contribution < -0.4 is 5.32 Å². The lowest BCUT2D eigenvalue weighted by Crippen LogP contribution is -1.97. The van der Waals surface area contributed by atoms with E-state index in [1.54, 1.807) is 17.7 Å². The number of anilines is 2. The maximum atomic E-state index is 4.53. The van der Waals surface area contributed by atoms with E-state index >= 15 is 0 Å². The third kappa shape index (κ3) is 2.89. The number of nitrogens with zero attached hydrogens (tertiary/aromatic N) is 2. The third-order valence-corrected chi connectivity index (χ3v) is 5.33. The Kier molecular flexibility index (Phi) is 3.98. The molecule has 0 bridgehead atoms. The molecule has 25 heavy (non-hydrogen) atoms. The molecule has 0 fully saturated rings.